The van der Waals surface area contributed by atoms with Gasteiger partial charge in [-0.05, 0) is 38.0 Å². The zero-order chi connectivity index (χ0) is 13.5. The molecule has 0 aliphatic heterocycles. The minimum absolute atomic E-state index is 0.162. The number of nitrogens with two attached hydrogens (primary N) is 1. The fourth-order valence-corrected chi connectivity index (χ4v) is 1.92. The molecule has 1 unspecified atom stereocenters. The Balaban J connectivity index is 2.22. The van der Waals surface area contributed by atoms with E-state index >= 15 is 0 Å². The molecule has 0 saturated heterocycles. The molecule has 0 aromatic heterocycles. The lowest BCUT2D eigenvalue weighted by atomic mass is 10.1. The maximum atomic E-state index is 13.6. The Hall–Kier alpha value is -1.49. The molecule has 1 fully saturated rings. The van der Waals surface area contributed by atoms with Gasteiger partial charge in [0.05, 0.1) is 11.6 Å². The molecule has 5 heteroatoms. The molecule has 0 radical (unpaired) electrons. The average molecular weight is 254 g/mol. The monoisotopic (exact) mass is 254 g/mol. The first kappa shape index (κ1) is 13.0. The third kappa shape index (κ3) is 2.22. The van der Waals surface area contributed by atoms with Crippen LogP contribution in [0, 0.1) is 11.6 Å². The number of halogens is 2. The van der Waals surface area contributed by atoms with Crippen molar-refractivity contribution < 1.29 is 13.6 Å². The summed E-state index contributed by atoms with van der Waals surface area (Å²) in [6.07, 6.45) is 1.29. The van der Waals surface area contributed by atoms with Gasteiger partial charge in [-0.3, -0.25) is 4.79 Å². The molecule has 1 aliphatic rings. The molecule has 1 aliphatic carbocycles. The topological polar surface area (TPSA) is 46.3 Å². The fraction of sp³-hybridized carbons (Fsp3) is 0.462. The Kier molecular flexibility index (Phi) is 3.11. The van der Waals surface area contributed by atoms with Crippen molar-refractivity contribution in [3.05, 3.63) is 35.4 Å². The summed E-state index contributed by atoms with van der Waals surface area (Å²) in [7, 11) is 1.56. The van der Waals surface area contributed by atoms with Crippen LogP contribution in [0.1, 0.15) is 31.4 Å². The van der Waals surface area contributed by atoms with Gasteiger partial charge in [0.1, 0.15) is 11.6 Å². The first-order valence-corrected chi connectivity index (χ1v) is 5.86. The lowest BCUT2D eigenvalue weighted by Gasteiger charge is -2.28. The van der Waals surface area contributed by atoms with Crippen LogP contribution in [0.25, 0.3) is 0 Å². The van der Waals surface area contributed by atoms with Crippen LogP contribution in [0.2, 0.25) is 0 Å². The van der Waals surface area contributed by atoms with E-state index < -0.39 is 23.2 Å². The second-order valence-corrected chi connectivity index (χ2v) is 4.91. The van der Waals surface area contributed by atoms with Gasteiger partial charge in [0.15, 0.2) is 0 Å². The van der Waals surface area contributed by atoms with E-state index in [1.54, 1.807) is 14.0 Å². The van der Waals surface area contributed by atoms with Crippen LogP contribution in [-0.4, -0.2) is 23.4 Å². The number of likely N-dealkylation sites (N-methyl/N-ethyl adjacent to an activating group) is 1. The van der Waals surface area contributed by atoms with E-state index in [0.717, 1.165) is 18.2 Å². The molecule has 0 heterocycles. The number of hydrogen-bond acceptors (Lipinski definition) is 2. The van der Waals surface area contributed by atoms with Crippen molar-refractivity contribution in [2.45, 2.75) is 31.3 Å². The van der Waals surface area contributed by atoms with E-state index in [-0.39, 0.29) is 11.5 Å². The van der Waals surface area contributed by atoms with E-state index in [1.165, 1.54) is 4.90 Å². The summed E-state index contributed by atoms with van der Waals surface area (Å²) < 4.78 is 26.7. The highest BCUT2D eigenvalue weighted by Gasteiger charge is 2.48. The van der Waals surface area contributed by atoms with E-state index in [4.69, 9.17) is 5.73 Å². The second kappa shape index (κ2) is 4.31. The van der Waals surface area contributed by atoms with Gasteiger partial charge in [0.25, 0.3) is 0 Å². The molecule has 1 aromatic rings. The highest BCUT2D eigenvalue weighted by Crippen LogP contribution is 2.36. The SMILES string of the molecule is CC(c1cc(F)ccc1F)N(C)C(=O)C1(N)CC1. The maximum absolute atomic E-state index is 13.6. The highest BCUT2D eigenvalue weighted by atomic mass is 19.1. The first-order chi connectivity index (χ1) is 8.35. The molecule has 0 bridgehead atoms. The number of benzene rings is 1. The third-order valence-corrected chi connectivity index (χ3v) is 3.52. The van der Waals surface area contributed by atoms with Gasteiger partial charge in [-0.1, -0.05) is 0 Å². The number of hydrogen-bond donors (Lipinski definition) is 1. The molecule has 3 nitrogen and oxygen atoms in total. The van der Waals surface area contributed by atoms with Crippen molar-refractivity contribution in [3.8, 4) is 0 Å². The second-order valence-electron chi connectivity index (χ2n) is 4.91. The van der Waals surface area contributed by atoms with Crippen LogP contribution >= 0.6 is 0 Å². The molecular weight excluding hydrogens is 238 g/mol. The normalized spacial score (nSPS) is 18.3. The van der Waals surface area contributed by atoms with Crippen molar-refractivity contribution in [2.75, 3.05) is 7.05 Å². The van der Waals surface area contributed by atoms with Gasteiger partial charge in [0, 0.05) is 12.6 Å². The maximum Gasteiger partial charge on any atom is 0.242 e. The van der Waals surface area contributed by atoms with Crippen molar-refractivity contribution in [1.82, 2.24) is 4.90 Å². The summed E-state index contributed by atoms with van der Waals surface area (Å²) >= 11 is 0. The Labute approximate surface area is 105 Å². The number of carbonyl (C=O) groups excluding carboxylic acids is 1. The zero-order valence-electron chi connectivity index (χ0n) is 10.4. The van der Waals surface area contributed by atoms with Gasteiger partial charge < -0.3 is 10.6 Å². The van der Waals surface area contributed by atoms with Gasteiger partial charge in [-0.25, -0.2) is 8.78 Å². The van der Waals surface area contributed by atoms with E-state index in [0.29, 0.717) is 12.8 Å². The van der Waals surface area contributed by atoms with Crippen LogP contribution < -0.4 is 5.73 Å². The minimum atomic E-state index is -0.799. The van der Waals surface area contributed by atoms with Crippen molar-refractivity contribution in [1.29, 1.82) is 0 Å². The first-order valence-electron chi connectivity index (χ1n) is 5.86. The molecule has 1 saturated carbocycles. The van der Waals surface area contributed by atoms with E-state index in [9.17, 15) is 13.6 Å². The van der Waals surface area contributed by atoms with Crippen LogP contribution in [0.5, 0.6) is 0 Å². The van der Waals surface area contributed by atoms with Gasteiger partial charge in [-0.2, -0.15) is 0 Å². The zero-order valence-corrected chi connectivity index (χ0v) is 10.4. The van der Waals surface area contributed by atoms with E-state index in [1.807, 2.05) is 0 Å². The molecule has 2 rings (SSSR count). The number of carbonyl (C=O) groups is 1. The fourth-order valence-electron chi connectivity index (χ4n) is 1.92. The molecule has 1 aromatic carbocycles. The predicted octanol–water partition coefficient (Wildman–Crippen LogP) is 1.98. The van der Waals surface area contributed by atoms with Crippen molar-refractivity contribution in [2.24, 2.45) is 5.73 Å². The molecule has 98 valence electrons. The standard InChI is InChI=1S/C13H16F2N2O/c1-8(10-7-9(14)3-4-11(10)15)17(2)12(18)13(16)5-6-13/h3-4,7-8H,5-6,16H2,1-2H3. The number of nitrogens with zero attached hydrogens (tertiary/aromatic N) is 1. The largest absolute Gasteiger partial charge is 0.337 e. The molecule has 1 amide bonds. The van der Waals surface area contributed by atoms with Gasteiger partial charge in [-0.15, -0.1) is 0 Å². The molecule has 1 atom stereocenters. The van der Waals surface area contributed by atoms with Crippen LogP contribution in [0.3, 0.4) is 0 Å². The summed E-state index contributed by atoms with van der Waals surface area (Å²) in [5, 5.41) is 0. The van der Waals surface area contributed by atoms with Gasteiger partial charge >= 0.3 is 0 Å². The lowest BCUT2D eigenvalue weighted by molar-refractivity contribution is -0.134. The Morgan fingerprint density at radius 3 is 2.61 bits per heavy atom. The quantitative estimate of drug-likeness (QED) is 0.896. The Morgan fingerprint density at radius 2 is 2.06 bits per heavy atom. The smallest absolute Gasteiger partial charge is 0.242 e. The van der Waals surface area contributed by atoms with Crippen LogP contribution in [-0.2, 0) is 4.79 Å². The summed E-state index contributed by atoms with van der Waals surface area (Å²) in [6.45, 7) is 1.65. The minimum Gasteiger partial charge on any atom is -0.337 e. The Bertz CT molecular complexity index is 486. The van der Waals surface area contributed by atoms with E-state index in [2.05, 4.69) is 0 Å². The van der Waals surface area contributed by atoms with Crippen LogP contribution in [0.15, 0.2) is 18.2 Å². The summed E-state index contributed by atoms with van der Waals surface area (Å²) in [6, 6.07) is 2.68. The Morgan fingerprint density at radius 1 is 1.44 bits per heavy atom. The third-order valence-electron chi connectivity index (χ3n) is 3.52. The molecule has 0 spiro atoms. The summed E-state index contributed by atoms with van der Waals surface area (Å²) in [5.41, 5.74) is 5.18. The van der Waals surface area contributed by atoms with Crippen molar-refractivity contribution in [3.63, 3.8) is 0 Å². The highest BCUT2D eigenvalue weighted by molar-refractivity contribution is 5.89. The number of amides is 1. The van der Waals surface area contributed by atoms with Crippen molar-refractivity contribution >= 4 is 5.91 Å². The van der Waals surface area contributed by atoms with Gasteiger partial charge in [0.2, 0.25) is 5.91 Å². The predicted molar refractivity (Wildman–Crippen MR) is 63.7 cm³/mol. The summed E-state index contributed by atoms with van der Waals surface area (Å²) in [5.74, 6) is -1.27. The molecule has 18 heavy (non-hydrogen) atoms. The molecular formula is C13H16F2N2O. The summed E-state index contributed by atoms with van der Waals surface area (Å²) in [4.78, 5) is 13.4. The average Bonchev–Trinajstić information content (AvgIpc) is 3.09. The number of rotatable bonds is 3. The molecule has 2 N–H and O–H groups in total. The van der Waals surface area contributed by atoms with Crippen LogP contribution in [0.4, 0.5) is 8.78 Å². The lowest BCUT2D eigenvalue weighted by Crippen LogP contribution is -2.44.